The van der Waals surface area contributed by atoms with Gasteiger partial charge in [0.1, 0.15) is 42.6 Å². The molecule has 4 heterocycles. The van der Waals surface area contributed by atoms with E-state index in [4.69, 9.17) is 24.8 Å². The first-order valence-corrected chi connectivity index (χ1v) is 14.2. The van der Waals surface area contributed by atoms with Crippen LogP contribution in [0.3, 0.4) is 0 Å². The molecule has 0 aromatic carbocycles. The van der Waals surface area contributed by atoms with Crippen molar-refractivity contribution in [2.24, 2.45) is 17.9 Å². The van der Waals surface area contributed by atoms with E-state index in [-0.39, 0.29) is 35.2 Å². The zero-order valence-electron chi connectivity index (χ0n) is 22.5. The molecule has 0 bridgehead atoms. The van der Waals surface area contributed by atoms with E-state index < -0.39 is 53.9 Å². The SMILES string of the molecule is CON=C(C(=O)N[C@@H]1C(=O)N2C(C(=O)O)=C(CSc3nnnn3C)CS[C@@H]12)c1ccc(CNC(=O)OC[C@@H](N)C(=O)O)o1. The van der Waals surface area contributed by atoms with Gasteiger partial charge in [0.25, 0.3) is 11.8 Å². The van der Waals surface area contributed by atoms with Gasteiger partial charge in [0.2, 0.25) is 10.9 Å². The molecule has 0 radical (unpaired) electrons. The number of aryl methyl sites for hydroxylation is 1. The van der Waals surface area contributed by atoms with Crippen LogP contribution < -0.4 is 16.4 Å². The number of carboxylic acids is 2. The highest BCUT2D eigenvalue weighted by atomic mass is 32.2. The molecule has 2 aliphatic rings. The van der Waals surface area contributed by atoms with Crippen LogP contribution in [0.15, 0.2) is 38.1 Å². The topological polar surface area (TPSA) is 267 Å². The lowest BCUT2D eigenvalue weighted by atomic mass is 10.0. The highest BCUT2D eigenvalue weighted by Crippen LogP contribution is 2.41. The van der Waals surface area contributed by atoms with E-state index in [9.17, 15) is 29.1 Å². The fraction of sp³-hybridized carbons (Fsp3) is 0.409. The summed E-state index contributed by atoms with van der Waals surface area (Å²) in [4.78, 5) is 66.7. The Morgan fingerprint density at radius 2 is 2.09 bits per heavy atom. The molecule has 1 fully saturated rings. The molecule has 3 atom stereocenters. The Labute approximate surface area is 250 Å². The number of amides is 3. The predicted octanol–water partition coefficient (Wildman–Crippen LogP) is -1.68. The van der Waals surface area contributed by atoms with Crippen molar-refractivity contribution in [2.45, 2.75) is 29.2 Å². The van der Waals surface area contributed by atoms with Gasteiger partial charge in [-0.3, -0.25) is 19.3 Å². The predicted molar refractivity (Wildman–Crippen MR) is 145 cm³/mol. The van der Waals surface area contributed by atoms with E-state index in [1.165, 1.54) is 47.4 Å². The molecule has 3 amide bonds. The number of carbonyl (C=O) groups excluding carboxylic acids is 3. The van der Waals surface area contributed by atoms with E-state index in [0.717, 1.165) is 4.90 Å². The van der Waals surface area contributed by atoms with Crippen molar-refractivity contribution in [3.05, 3.63) is 34.9 Å². The number of hydrogen-bond acceptors (Lipinski definition) is 15. The first-order valence-electron chi connectivity index (χ1n) is 12.2. The number of nitrogens with zero attached hydrogens (tertiary/aromatic N) is 6. The number of β-lactam (4-membered cyclic amide) rings is 1. The van der Waals surface area contributed by atoms with Crippen LogP contribution in [0.5, 0.6) is 0 Å². The average molecular weight is 640 g/mol. The Bertz CT molecular complexity index is 1490. The standard InChI is InChI=1S/C22H25N9O10S2/c1-30-21(26-28-29-30)43-8-9-7-42-18-14(17(33)31(18)15(9)20(36)37)25-16(32)13(27-39-2)12-4-3-10(41-12)5-24-22(38)40-6-11(23)19(34)35/h3-4,11,14,18H,5-8,23H2,1-2H3,(H,24,38)(H,25,32)(H,34,35)(H,36,37)/t11-,14-,18+/m1/s1. The molecule has 0 spiro atoms. The normalized spacial score (nSPS) is 18.8. The molecule has 0 saturated carbocycles. The first kappa shape index (κ1) is 31.3. The third-order valence-corrected chi connectivity index (χ3v) is 8.34. The number of rotatable bonds is 13. The Morgan fingerprint density at radius 1 is 1.33 bits per heavy atom. The molecule has 6 N–H and O–H groups in total. The maximum atomic E-state index is 13.1. The number of oxime groups is 1. The van der Waals surface area contributed by atoms with E-state index in [1.807, 2.05) is 0 Å². The van der Waals surface area contributed by atoms with Crippen LogP contribution in [-0.4, -0.2) is 114 Å². The Hall–Kier alpha value is -4.63. The number of carbonyl (C=O) groups is 5. The van der Waals surface area contributed by atoms with Crippen LogP contribution in [0, 0.1) is 0 Å². The number of alkyl carbamates (subject to hydrolysis) is 1. The van der Waals surface area contributed by atoms with Crippen LogP contribution in [0.25, 0.3) is 0 Å². The maximum Gasteiger partial charge on any atom is 0.407 e. The summed E-state index contributed by atoms with van der Waals surface area (Å²) in [6.07, 6.45) is -0.946. The van der Waals surface area contributed by atoms with Crippen LogP contribution in [-0.2, 0) is 42.3 Å². The largest absolute Gasteiger partial charge is 0.480 e. The third-order valence-electron chi connectivity index (χ3n) is 5.90. The summed E-state index contributed by atoms with van der Waals surface area (Å²) in [5.41, 5.74) is 5.30. The van der Waals surface area contributed by atoms with Crippen molar-refractivity contribution in [1.82, 2.24) is 35.7 Å². The van der Waals surface area contributed by atoms with Crippen molar-refractivity contribution < 1.29 is 48.2 Å². The minimum absolute atomic E-state index is 0.0546. The maximum absolute atomic E-state index is 13.1. The zero-order chi connectivity index (χ0) is 31.3. The highest BCUT2D eigenvalue weighted by molar-refractivity contribution is 8.01. The Kier molecular flexibility index (Phi) is 9.88. The van der Waals surface area contributed by atoms with Crippen LogP contribution in [0.1, 0.15) is 11.5 Å². The van der Waals surface area contributed by atoms with Crippen molar-refractivity contribution in [2.75, 3.05) is 25.2 Å². The monoisotopic (exact) mass is 639 g/mol. The summed E-state index contributed by atoms with van der Waals surface area (Å²) in [5, 5.41) is 38.1. The smallest absolute Gasteiger partial charge is 0.407 e. The van der Waals surface area contributed by atoms with Gasteiger partial charge in [-0.1, -0.05) is 16.9 Å². The summed E-state index contributed by atoms with van der Waals surface area (Å²) < 4.78 is 11.7. The first-order chi connectivity index (χ1) is 20.5. The van der Waals surface area contributed by atoms with Gasteiger partial charge < -0.3 is 40.6 Å². The molecule has 2 aliphatic heterocycles. The van der Waals surface area contributed by atoms with E-state index in [1.54, 1.807) is 7.05 Å². The molecule has 1 saturated heterocycles. The zero-order valence-corrected chi connectivity index (χ0v) is 24.1. The summed E-state index contributed by atoms with van der Waals surface area (Å²) >= 11 is 2.52. The molecule has 21 heteroatoms. The average Bonchev–Trinajstić information content (AvgIpc) is 3.62. The molecule has 43 heavy (non-hydrogen) atoms. The lowest BCUT2D eigenvalue weighted by Gasteiger charge is -2.49. The van der Waals surface area contributed by atoms with Gasteiger partial charge in [-0.05, 0) is 28.1 Å². The second kappa shape index (κ2) is 13.6. The number of nitrogens with one attached hydrogen (secondary N) is 2. The summed E-state index contributed by atoms with van der Waals surface area (Å²) in [5.74, 6) is -3.40. The second-order valence-corrected chi connectivity index (χ2v) is 10.8. The number of hydrogen-bond donors (Lipinski definition) is 5. The van der Waals surface area contributed by atoms with Crippen molar-refractivity contribution >= 4 is 59.1 Å². The number of aromatic nitrogens is 4. The number of tetrazole rings is 1. The molecule has 2 aromatic heterocycles. The van der Waals surface area contributed by atoms with Crippen molar-refractivity contribution in [3.63, 3.8) is 0 Å². The number of ether oxygens (including phenoxy) is 1. The van der Waals surface area contributed by atoms with Gasteiger partial charge in [-0.15, -0.1) is 16.9 Å². The van der Waals surface area contributed by atoms with E-state index in [2.05, 4.69) is 31.3 Å². The second-order valence-electron chi connectivity index (χ2n) is 8.78. The van der Waals surface area contributed by atoms with E-state index in [0.29, 0.717) is 16.5 Å². The molecular formula is C22H25N9O10S2. The van der Waals surface area contributed by atoms with Gasteiger partial charge in [0.05, 0.1) is 6.54 Å². The quantitative estimate of drug-likeness (QED) is 0.0709. The van der Waals surface area contributed by atoms with Gasteiger partial charge in [0, 0.05) is 18.6 Å². The molecular weight excluding hydrogens is 614 g/mol. The number of carboxylic acid groups (broad SMARTS) is 2. The van der Waals surface area contributed by atoms with Crippen molar-refractivity contribution in [3.8, 4) is 0 Å². The number of thioether (sulfide) groups is 2. The molecule has 0 unspecified atom stereocenters. The third kappa shape index (κ3) is 7.06. The summed E-state index contributed by atoms with van der Waals surface area (Å²) in [7, 11) is 2.85. The van der Waals surface area contributed by atoms with Gasteiger partial charge in [-0.25, -0.2) is 14.3 Å². The van der Waals surface area contributed by atoms with E-state index >= 15 is 0 Å². The molecule has 4 rings (SSSR count). The van der Waals surface area contributed by atoms with Gasteiger partial charge in [-0.2, -0.15) is 0 Å². The van der Waals surface area contributed by atoms with Gasteiger partial charge >= 0.3 is 18.0 Å². The van der Waals surface area contributed by atoms with Crippen LogP contribution in [0.2, 0.25) is 0 Å². The fourth-order valence-electron chi connectivity index (χ4n) is 3.84. The van der Waals surface area contributed by atoms with Crippen LogP contribution >= 0.6 is 23.5 Å². The van der Waals surface area contributed by atoms with Gasteiger partial charge in [0.15, 0.2) is 5.76 Å². The highest BCUT2D eigenvalue weighted by Gasteiger charge is 2.54. The Balaban J connectivity index is 1.37. The fourth-order valence-corrected chi connectivity index (χ4v) is 6.17. The summed E-state index contributed by atoms with van der Waals surface area (Å²) in [6.45, 7) is -0.730. The lowest BCUT2D eigenvalue weighted by Crippen LogP contribution is -2.71. The minimum atomic E-state index is -1.38. The number of furan rings is 1. The molecule has 0 aliphatic carbocycles. The van der Waals surface area contributed by atoms with Crippen molar-refractivity contribution in [1.29, 1.82) is 0 Å². The summed E-state index contributed by atoms with van der Waals surface area (Å²) in [6, 6.07) is 0.389. The lowest BCUT2D eigenvalue weighted by molar-refractivity contribution is -0.150. The molecule has 2 aromatic rings. The molecule has 230 valence electrons. The number of aliphatic carboxylic acids is 2. The number of fused-ring (bicyclic) bond motifs is 1. The Morgan fingerprint density at radius 3 is 2.74 bits per heavy atom. The number of nitrogens with two attached hydrogens (primary N) is 1. The minimum Gasteiger partial charge on any atom is -0.480 e. The molecule has 19 nitrogen and oxygen atoms in total. The van der Waals surface area contributed by atoms with Crippen LogP contribution in [0.4, 0.5) is 4.79 Å².